The van der Waals surface area contributed by atoms with Crippen molar-refractivity contribution < 1.29 is 5.11 Å². The summed E-state index contributed by atoms with van der Waals surface area (Å²) in [5, 5.41) is 19.4. The van der Waals surface area contributed by atoms with Crippen molar-refractivity contribution in [2.75, 3.05) is 0 Å². The van der Waals surface area contributed by atoms with Crippen molar-refractivity contribution in [3.05, 3.63) is 58.9 Å². The Labute approximate surface area is 134 Å². The molecule has 0 saturated heterocycles. The number of para-hydroxylation sites is 2. The molecule has 0 atom stereocenters. The van der Waals surface area contributed by atoms with Crippen LogP contribution in [-0.2, 0) is 7.05 Å². The fraction of sp³-hybridized carbons (Fsp3) is 0.158. The third-order valence-corrected chi connectivity index (χ3v) is 3.97. The first-order chi connectivity index (χ1) is 11.0. The second-order valence-corrected chi connectivity index (χ2v) is 5.66. The molecule has 4 nitrogen and oxygen atoms in total. The van der Waals surface area contributed by atoms with E-state index >= 15 is 0 Å². The number of nitriles is 1. The molecular formula is C19H17N3O. The normalized spacial score (nSPS) is 11.7. The van der Waals surface area contributed by atoms with Crippen LogP contribution in [0.3, 0.4) is 0 Å². The van der Waals surface area contributed by atoms with Gasteiger partial charge in [0.1, 0.15) is 11.8 Å². The minimum atomic E-state index is 0.295. The molecule has 0 aliphatic heterocycles. The molecule has 23 heavy (non-hydrogen) atoms. The third kappa shape index (κ3) is 2.58. The number of nitrogens with zero attached hydrogens (tertiary/aromatic N) is 3. The Bertz CT molecular complexity index is 951. The minimum absolute atomic E-state index is 0.295. The molecule has 0 bridgehead atoms. The van der Waals surface area contributed by atoms with E-state index in [2.05, 4.69) is 11.1 Å². The molecule has 0 aliphatic rings. The Morgan fingerprint density at radius 3 is 2.48 bits per heavy atom. The Morgan fingerprint density at radius 2 is 1.87 bits per heavy atom. The predicted octanol–water partition coefficient (Wildman–Crippen LogP) is 3.96. The zero-order valence-electron chi connectivity index (χ0n) is 13.3. The molecule has 114 valence electrons. The number of allylic oxidation sites excluding steroid dienone is 1. The van der Waals surface area contributed by atoms with E-state index in [0.717, 1.165) is 27.7 Å². The van der Waals surface area contributed by atoms with Crippen molar-refractivity contribution in [1.82, 2.24) is 9.55 Å². The maximum absolute atomic E-state index is 9.88. The van der Waals surface area contributed by atoms with E-state index in [4.69, 9.17) is 0 Å². The minimum Gasteiger partial charge on any atom is -0.507 e. The van der Waals surface area contributed by atoms with E-state index < -0.39 is 0 Å². The van der Waals surface area contributed by atoms with E-state index in [-0.39, 0.29) is 0 Å². The average Bonchev–Trinajstić information content (AvgIpc) is 2.87. The molecule has 3 aromatic rings. The average molecular weight is 303 g/mol. The molecule has 0 amide bonds. The van der Waals surface area contributed by atoms with Crippen LogP contribution in [0.5, 0.6) is 5.75 Å². The first-order valence-electron chi connectivity index (χ1n) is 7.35. The van der Waals surface area contributed by atoms with E-state index in [9.17, 15) is 10.4 Å². The van der Waals surface area contributed by atoms with Gasteiger partial charge in [0.15, 0.2) is 5.82 Å². The Balaban J connectivity index is 2.15. The molecule has 1 aromatic heterocycles. The van der Waals surface area contributed by atoms with Gasteiger partial charge in [0.2, 0.25) is 0 Å². The maximum Gasteiger partial charge on any atom is 0.151 e. The lowest BCUT2D eigenvalue weighted by atomic mass is 10.0. The Kier molecular flexibility index (Phi) is 3.63. The summed E-state index contributed by atoms with van der Waals surface area (Å²) >= 11 is 0. The van der Waals surface area contributed by atoms with Crippen LogP contribution < -0.4 is 0 Å². The standard InChI is InChI=1S/C19H17N3O/c1-12-8-14(9-13(2)18(12)23)10-15(11-20)19-21-16-6-4-5-7-17(16)22(19)3/h4-10,23H,1-3H3/b15-10+. The van der Waals surface area contributed by atoms with E-state index in [1.54, 1.807) is 6.08 Å². The van der Waals surface area contributed by atoms with Gasteiger partial charge in [0, 0.05) is 7.05 Å². The molecule has 0 spiro atoms. The molecule has 1 heterocycles. The van der Waals surface area contributed by atoms with Gasteiger partial charge in [0.25, 0.3) is 0 Å². The Morgan fingerprint density at radius 1 is 1.22 bits per heavy atom. The maximum atomic E-state index is 9.88. The SMILES string of the molecule is Cc1cc(/C=C(\C#N)c2nc3ccccc3n2C)cc(C)c1O. The number of phenolic OH excluding ortho intramolecular Hbond substituents is 1. The fourth-order valence-corrected chi connectivity index (χ4v) is 2.77. The van der Waals surface area contributed by atoms with Gasteiger partial charge in [-0.2, -0.15) is 5.26 Å². The van der Waals surface area contributed by atoms with Crippen LogP contribution in [0.4, 0.5) is 0 Å². The fourth-order valence-electron chi connectivity index (χ4n) is 2.77. The molecule has 0 fully saturated rings. The number of phenols is 1. The van der Waals surface area contributed by atoms with E-state index in [1.807, 2.05) is 61.9 Å². The van der Waals surface area contributed by atoms with E-state index in [0.29, 0.717) is 17.1 Å². The second-order valence-electron chi connectivity index (χ2n) is 5.66. The Hall–Kier alpha value is -3.06. The van der Waals surface area contributed by atoms with Crippen molar-refractivity contribution in [3.8, 4) is 11.8 Å². The molecule has 3 rings (SSSR count). The highest BCUT2D eigenvalue weighted by Crippen LogP contribution is 2.26. The molecule has 0 aliphatic carbocycles. The number of fused-ring (bicyclic) bond motifs is 1. The third-order valence-electron chi connectivity index (χ3n) is 3.97. The van der Waals surface area contributed by atoms with Crippen LogP contribution >= 0.6 is 0 Å². The first-order valence-corrected chi connectivity index (χ1v) is 7.35. The lowest BCUT2D eigenvalue weighted by Gasteiger charge is -2.06. The lowest BCUT2D eigenvalue weighted by Crippen LogP contribution is -1.96. The number of rotatable bonds is 2. The number of hydrogen-bond donors (Lipinski definition) is 1. The van der Waals surface area contributed by atoms with Gasteiger partial charge in [-0.3, -0.25) is 0 Å². The summed E-state index contributed by atoms with van der Waals surface area (Å²) < 4.78 is 1.92. The van der Waals surface area contributed by atoms with Gasteiger partial charge in [-0.25, -0.2) is 4.98 Å². The highest BCUT2D eigenvalue weighted by Gasteiger charge is 2.12. The van der Waals surface area contributed by atoms with Gasteiger partial charge in [-0.05, 0) is 60.9 Å². The van der Waals surface area contributed by atoms with Gasteiger partial charge in [-0.1, -0.05) is 12.1 Å². The van der Waals surface area contributed by atoms with Crippen LogP contribution in [0.2, 0.25) is 0 Å². The van der Waals surface area contributed by atoms with Crippen molar-refractivity contribution >= 4 is 22.7 Å². The molecule has 0 unspecified atom stereocenters. The zero-order chi connectivity index (χ0) is 16.6. The van der Waals surface area contributed by atoms with Crippen LogP contribution in [-0.4, -0.2) is 14.7 Å². The van der Waals surface area contributed by atoms with Crippen LogP contribution in [0.1, 0.15) is 22.5 Å². The summed E-state index contributed by atoms with van der Waals surface area (Å²) in [4.78, 5) is 4.56. The summed E-state index contributed by atoms with van der Waals surface area (Å²) in [6.07, 6.45) is 1.81. The van der Waals surface area contributed by atoms with E-state index in [1.165, 1.54) is 0 Å². The molecule has 1 N–H and O–H groups in total. The smallest absolute Gasteiger partial charge is 0.151 e. The first kappa shape index (κ1) is 14.9. The molecule has 2 aromatic carbocycles. The van der Waals surface area contributed by atoms with Gasteiger partial charge in [-0.15, -0.1) is 0 Å². The molecule has 4 heteroatoms. The van der Waals surface area contributed by atoms with Gasteiger partial charge >= 0.3 is 0 Å². The van der Waals surface area contributed by atoms with Crippen LogP contribution in [0.25, 0.3) is 22.7 Å². The summed E-state index contributed by atoms with van der Waals surface area (Å²) in [6, 6.07) is 13.8. The highest BCUT2D eigenvalue weighted by atomic mass is 16.3. The number of aromatic hydroxyl groups is 1. The number of imidazole rings is 1. The number of aromatic nitrogens is 2. The van der Waals surface area contributed by atoms with Crippen molar-refractivity contribution in [1.29, 1.82) is 5.26 Å². The molecular weight excluding hydrogens is 286 g/mol. The lowest BCUT2D eigenvalue weighted by molar-refractivity contribution is 0.467. The quantitative estimate of drug-likeness (QED) is 0.729. The zero-order valence-corrected chi connectivity index (χ0v) is 13.3. The summed E-state index contributed by atoms with van der Waals surface area (Å²) in [5.41, 5.74) is 4.80. The molecule has 0 radical (unpaired) electrons. The highest BCUT2D eigenvalue weighted by molar-refractivity contribution is 5.91. The van der Waals surface area contributed by atoms with Crippen molar-refractivity contribution in [2.24, 2.45) is 7.05 Å². The summed E-state index contributed by atoms with van der Waals surface area (Å²) in [6.45, 7) is 3.70. The van der Waals surface area contributed by atoms with Crippen LogP contribution in [0.15, 0.2) is 36.4 Å². The predicted molar refractivity (Wildman–Crippen MR) is 91.8 cm³/mol. The van der Waals surface area contributed by atoms with Crippen LogP contribution in [0, 0.1) is 25.2 Å². The largest absolute Gasteiger partial charge is 0.507 e. The van der Waals surface area contributed by atoms with Gasteiger partial charge < -0.3 is 9.67 Å². The van der Waals surface area contributed by atoms with Crippen molar-refractivity contribution in [2.45, 2.75) is 13.8 Å². The number of aryl methyl sites for hydroxylation is 3. The number of benzene rings is 2. The second kappa shape index (κ2) is 5.62. The van der Waals surface area contributed by atoms with Gasteiger partial charge in [0.05, 0.1) is 16.6 Å². The monoisotopic (exact) mass is 303 g/mol. The summed E-state index contributed by atoms with van der Waals surface area (Å²) in [5.74, 6) is 0.931. The van der Waals surface area contributed by atoms with Crippen molar-refractivity contribution in [3.63, 3.8) is 0 Å². The molecule has 0 saturated carbocycles. The number of hydrogen-bond acceptors (Lipinski definition) is 3. The summed E-state index contributed by atoms with van der Waals surface area (Å²) in [7, 11) is 1.91. The topological polar surface area (TPSA) is 61.8 Å².